The third-order valence-corrected chi connectivity index (χ3v) is 6.36. The Balaban J connectivity index is 1.42. The van der Waals surface area contributed by atoms with Gasteiger partial charge in [-0.1, -0.05) is 37.3 Å². The third-order valence-electron chi connectivity index (χ3n) is 6.36. The number of benzene rings is 1. The largest absolute Gasteiger partial charge is 0.462 e. The monoisotopic (exact) mass is 365 g/mol. The van der Waals surface area contributed by atoms with Crippen LogP contribution in [0.5, 0.6) is 0 Å². The summed E-state index contributed by atoms with van der Waals surface area (Å²) < 4.78 is 5.86. The maximum absolute atomic E-state index is 12.5. The van der Waals surface area contributed by atoms with Gasteiger partial charge in [-0.3, -0.25) is 4.79 Å². The number of esters is 1. The average molecular weight is 366 g/mol. The molecule has 1 aromatic carbocycles. The highest BCUT2D eigenvalue weighted by Gasteiger charge is 2.30. The summed E-state index contributed by atoms with van der Waals surface area (Å²) in [6, 6.07) is 11.1. The molecule has 27 heavy (non-hydrogen) atoms. The van der Waals surface area contributed by atoms with Crippen LogP contribution in [0.25, 0.3) is 0 Å². The summed E-state index contributed by atoms with van der Waals surface area (Å²) in [7, 11) is 0. The molecule has 0 bridgehead atoms. The summed E-state index contributed by atoms with van der Waals surface area (Å²) in [6.45, 7) is 2.18. The molecule has 3 nitrogen and oxygen atoms in total. The van der Waals surface area contributed by atoms with Gasteiger partial charge in [-0.05, 0) is 80.8 Å². The molecule has 0 N–H and O–H groups in total. The number of carbonyl (C=O) groups is 1. The van der Waals surface area contributed by atoms with Crippen LogP contribution in [0.4, 0.5) is 0 Å². The number of nitrogens with zero attached hydrogens (tertiary/aromatic N) is 1. The van der Waals surface area contributed by atoms with Crippen molar-refractivity contribution in [1.29, 1.82) is 5.26 Å². The second kappa shape index (κ2) is 9.74. The van der Waals surface area contributed by atoms with Crippen molar-refractivity contribution < 1.29 is 9.53 Å². The van der Waals surface area contributed by atoms with Crippen LogP contribution in [0, 0.1) is 23.2 Å². The molecule has 0 atom stereocenters. The van der Waals surface area contributed by atoms with Gasteiger partial charge in [0.1, 0.15) is 6.10 Å². The Morgan fingerprint density at radius 2 is 1.74 bits per heavy atom. The fraction of sp³-hybridized carbons (Fsp3) is 0.583. The first-order valence-corrected chi connectivity index (χ1v) is 10.5. The van der Waals surface area contributed by atoms with E-state index >= 15 is 0 Å². The van der Waals surface area contributed by atoms with E-state index in [0.29, 0.717) is 11.8 Å². The lowest BCUT2D eigenvalue weighted by atomic mass is 9.81. The molecule has 2 aliphatic rings. The van der Waals surface area contributed by atoms with Crippen molar-refractivity contribution >= 4 is 5.97 Å². The first kappa shape index (κ1) is 19.7. The van der Waals surface area contributed by atoms with Gasteiger partial charge in [0.15, 0.2) is 0 Å². The van der Waals surface area contributed by atoms with Crippen molar-refractivity contribution in [3.63, 3.8) is 0 Å². The first-order chi connectivity index (χ1) is 13.2. The summed E-state index contributed by atoms with van der Waals surface area (Å²) >= 11 is 0. The van der Waals surface area contributed by atoms with E-state index in [4.69, 9.17) is 10.00 Å². The maximum atomic E-state index is 12.5. The molecule has 0 spiro atoms. The number of ether oxygens (including phenoxy) is 1. The molecule has 0 radical (unpaired) electrons. The Kier molecular flexibility index (Phi) is 7.10. The van der Waals surface area contributed by atoms with Gasteiger partial charge in [-0.15, -0.1) is 0 Å². The molecule has 2 aliphatic carbocycles. The molecular formula is C24H31NO2. The fourth-order valence-electron chi connectivity index (χ4n) is 4.53. The standard InChI is InChI=1S/C24H31NO2/c1-2-18-5-9-20(10-6-18)21-13-15-23(16-14-21)27-24(26)22-11-7-19(8-12-22)4-3-17-25/h3-6,9-10,19,21-23H,2,7-8,11-16H2,1H3/t19-,21-,22-,23-. The van der Waals surface area contributed by atoms with Crippen LogP contribution in [0.3, 0.4) is 0 Å². The number of nitriles is 1. The lowest BCUT2D eigenvalue weighted by Gasteiger charge is -2.31. The van der Waals surface area contributed by atoms with E-state index in [2.05, 4.69) is 37.3 Å². The maximum Gasteiger partial charge on any atom is 0.309 e. The number of rotatable bonds is 5. The minimum absolute atomic E-state index is 0.00783. The summed E-state index contributed by atoms with van der Waals surface area (Å²) in [5.74, 6) is 1.11. The zero-order valence-electron chi connectivity index (χ0n) is 16.4. The zero-order valence-corrected chi connectivity index (χ0v) is 16.4. The summed E-state index contributed by atoms with van der Waals surface area (Å²) in [5, 5.41) is 8.62. The second-order valence-electron chi connectivity index (χ2n) is 8.11. The number of hydrogen-bond donors (Lipinski definition) is 0. The van der Waals surface area contributed by atoms with Crippen molar-refractivity contribution in [3.8, 4) is 6.07 Å². The van der Waals surface area contributed by atoms with Gasteiger partial charge in [0.25, 0.3) is 0 Å². The van der Waals surface area contributed by atoms with Crippen molar-refractivity contribution in [3.05, 3.63) is 47.5 Å². The van der Waals surface area contributed by atoms with Crippen LogP contribution in [0.2, 0.25) is 0 Å². The smallest absolute Gasteiger partial charge is 0.309 e. The molecule has 0 amide bonds. The SMILES string of the molecule is CCc1ccc([C@H]2CC[C@H](OC(=O)[C@H]3CC[C@H](C=CC#N)CC3)CC2)cc1. The van der Waals surface area contributed by atoms with Crippen LogP contribution in [0.15, 0.2) is 36.4 Å². The van der Waals surface area contributed by atoms with Crippen LogP contribution in [0.1, 0.15) is 75.3 Å². The average Bonchev–Trinajstić information content (AvgIpc) is 2.73. The van der Waals surface area contributed by atoms with Gasteiger partial charge >= 0.3 is 5.97 Å². The normalized spacial score (nSPS) is 28.6. The van der Waals surface area contributed by atoms with Gasteiger partial charge in [0.2, 0.25) is 0 Å². The molecular weight excluding hydrogens is 334 g/mol. The highest BCUT2D eigenvalue weighted by molar-refractivity contribution is 5.72. The van der Waals surface area contributed by atoms with E-state index in [1.807, 2.05) is 6.08 Å². The van der Waals surface area contributed by atoms with Gasteiger partial charge in [0.05, 0.1) is 12.0 Å². The van der Waals surface area contributed by atoms with Crippen molar-refractivity contribution in [2.75, 3.05) is 0 Å². The quantitative estimate of drug-likeness (QED) is 0.496. The highest BCUT2D eigenvalue weighted by atomic mass is 16.5. The lowest BCUT2D eigenvalue weighted by Crippen LogP contribution is -2.29. The van der Waals surface area contributed by atoms with Crippen LogP contribution in [-0.2, 0) is 16.0 Å². The minimum atomic E-state index is 0.00783. The Morgan fingerprint density at radius 1 is 1.07 bits per heavy atom. The molecule has 1 aromatic rings. The Morgan fingerprint density at radius 3 is 2.33 bits per heavy atom. The van der Waals surface area contributed by atoms with E-state index < -0.39 is 0 Å². The summed E-state index contributed by atoms with van der Waals surface area (Å²) in [4.78, 5) is 12.5. The zero-order chi connectivity index (χ0) is 19.1. The van der Waals surface area contributed by atoms with Gasteiger partial charge in [0, 0.05) is 6.08 Å². The molecule has 0 heterocycles. The van der Waals surface area contributed by atoms with Gasteiger partial charge in [-0.2, -0.15) is 5.26 Å². The van der Waals surface area contributed by atoms with Crippen LogP contribution >= 0.6 is 0 Å². The predicted molar refractivity (Wildman–Crippen MR) is 107 cm³/mol. The van der Waals surface area contributed by atoms with Gasteiger partial charge in [-0.25, -0.2) is 0 Å². The third kappa shape index (κ3) is 5.45. The predicted octanol–water partition coefficient (Wildman–Crippen LogP) is 5.70. The van der Waals surface area contributed by atoms with E-state index in [1.165, 1.54) is 11.1 Å². The molecule has 0 unspecified atom stereocenters. The molecule has 2 saturated carbocycles. The minimum Gasteiger partial charge on any atom is -0.462 e. The molecule has 0 saturated heterocycles. The van der Waals surface area contributed by atoms with Crippen molar-refractivity contribution in [2.45, 2.75) is 76.7 Å². The van der Waals surface area contributed by atoms with E-state index in [1.54, 1.807) is 6.08 Å². The lowest BCUT2D eigenvalue weighted by molar-refractivity contribution is -0.157. The first-order valence-electron chi connectivity index (χ1n) is 10.5. The van der Waals surface area contributed by atoms with Crippen molar-refractivity contribution in [1.82, 2.24) is 0 Å². The number of allylic oxidation sites excluding steroid dienone is 2. The van der Waals surface area contributed by atoms with Crippen molar-refractivity contribution in [2.24, 2.45) is 11.8 Å². The Hall–Kier alpha value is -2.08. The topological polar surface area (TPSA) is 50.1 Å². The van der Waals surface area contributed by atoms with E-state index in [-0.39, 0.29) is 18.0 Å². The number of aryl methyl sites for hydroxylation is 1. The van der Waals surface area contributed by atoms with E-state index in [0.717, 1.165) is 57.8 Å². The fourth-order valence-corrected chi connectivity index (χ4v) is 4.53. The van der Waals surface area contributed by atoms with E-state index in [9.17, 15) is 4.79 Å². The van der Waals surface area contributed by atoms with Crippen LogP contribution < -0.4 is 0 Å². The highest BCUT2D eigenvalue weighted by Crippen LogP contribution is 2.36. The molecule has 2 fully saturated rings. The summed E-state index contributed by atoms with van der Waals surface area (Å²) in [6.07, 6.45) is 12.6. The second-order valence-corrected chi connectivity index (χ2v) is 8.11. The Bertz CT molecular complexity index is 669. The summed E-state index contributed by atoms with van der Waals surface area (Å²) in [5.41, 5.74) is 2.82. The molecule has 0 aromatic heterocycles. The van der Waals surface area contributed by atoms with Crippen LogP contribution in [-0.4, -0.2) is 12.1 Å². The molecule has 144 valence electrons. The number of carbonyl (C=O) groups excluding carboxylic acids is 1. The van der Waals surface area contributed by atoms with Gasteiger partial charge < -0.3 is 4.74 Å². The Labute approximate surface area is 163 Å². The molecule has 0 aliphatic heterocycles. The molecule has 3 heteroatoms. The molecule has 3 rings (SSSR count). The number of hydrogen-bond acceptors (Lipinski definition) is 3.